The van der Waals surface area contributed by atoms with Gasteiger partial charge in [0.25, 0.3) is 0 Å². The van der Waals surface area contributed by atoms with Gasteiger partial charge in [0.2, 0.25) is 5.88 Å². The largest absolute Gasteiger partial charge is 0.478 e. The summed E-state index contributed by atoms with van der Waals surface area (Å²) in [6, 6.07) is 1.88. The van der Waals surface area contributed by atoms with Gasteiger partial charge >= 0.3 is 0 Å². The van der Waals surface area contributed by atoms with E-state index in [1.807, 2.05) is 19.9 Å². The van der Waals surface area contributed by atoms with Crippen molar-refractivity contribution in [2.24, 2.45) is 0 Å². The predicted molar refractivity (Wildman–Crippen MR) is 58.6 cm³/mol. The molecular formula is C10H14BrNO2. The third kappa shape index (κ3) is 2.96. The third-order valence-corrected chi connectivity index (χ3v) is 3.03. The van der Waals surface area contributed by atoms with Crippen LogP contribution in [0.15, 0.2) is 10.5 Å². The van der Waals surface area contributed by atoms with E-state index in [1.165, 1.54) is 0 Å². The first-order valence-corrected chi connectivity index (χ1v) is 5.32. The first-order valence-electron chi connectivity index (χ1n) is 4.52. The molecule has 78 valence electrons. The van der Waals surface area contributed by atoms with Crippen LogP contribution in [0, 0.1) is 13.8 Å². The molecule has 0 saturated carbocycles. The topological polar surface area (TPSA) is 42.4 Å². The van der Waals surface area contributed by atoms with E-state index in [0.29, 0.717) is 18.9 Å². The van der Waals surface area contributed by atoms with Crippen LogP contribution in [0.2, 0.25) is 0 Å². The fourth-order valence-electron chi connectivity index (χ4n) is 1.10. The van der Waals surface area contributed by atoms with Gasteiger partial charge in [0, 0.05) is 23.6 Å². The minimum Gasteiger partial charge on any atom is -0.478 e. The average molecular weight is 260 g/mol. The van der Waals surface area contributed by atoms with E-state index in [0.717, 1.165) is 15.7 Å². The molecule has 0 aliphatic rings. The van der Waals surface area contributed by atoms with Gasteiger partial charge in [0.1, 0.15) is 0 Å². The summed E-state index contributed by atoms with van der Waals surface area (Å²) in [4.78, 5) is 4.25. The van der Waals surface area contributed by atoms with Crippen molar-refractivity contribution >= 4 is 15.9 Å². The van der Waals surface area contributed by atoms with E-state index in [2.05, 4.69) is 20.9 Å². The zero-order valence-electron chi connectivity index (χ0n) is 8.38. The molecular weight excluding hydrogens is 246 g/mol. The summed E-state index contributed by atoms with van der Waals surface area (Å²) >= 11 is 3.44. The van der Waals surface area contributed by atoms with Gasteiger partial charge in [-0.05, 0) is 35.3 Å². The number of rotatable bonds is 4. The maximum absolute atomic E-state index is 8.59. The lowest BCUT2D eigenvalue weighted by Gasteiger charge is -2.08. The molecule has 0 aliphatic heterocycles. The number of ether oxygens (including phenoxy) is 1. The van der Waals surface area contributed by atoms with Crippen LogP contribution in [0.5, 0.6) is 5.88 Å². The molecule has 1 rings (SSSR count). The molecule has 0 atom stereocenters. The van der Waals surface area contributed by atoms with Gasteiger partial charge in [-0.2, -0.15) is 0 Å². The first-order chi connectivity index (χ1) is 6.65. The summed E-state index contributed by atoms with van der Waals surface area (Å²) in [7, 11) is 0. The molecule has 0 aromatic carbocycles. The second-order valence-electron chi connectivity index (χ2n) is 3.10. The third-order valence-electron chi connectivity index (χ3n) is 1.83. The van der Waals surface area contributed by atoms with Crippen molar-refractivity contribution in [1.82, 2.24) is 4.98 Å². The monoisotopic (exact) mass is 259 g/mol. The second-order valence-corrected chi connectivity index (χ2v) is 3.90. The fraction of sp³-hybridized carbons (Fsp3) is 0.500. The molecule has 1 heterocycles. The molecule has 0 spiro atoms. The number of aromatic nitrogens is 1. The molecule has 3 nitrogen and oxygen atoms in total. The fourth-order valence-corrected chi connectivity index (χ4v) is 1.30. The molecule has 0 bridgehead atoms. The van der Waals surface area contributed by atoms with Crippen LogP contribution >= 0.6 is 15.9 Å². The van der Waals surface area contributed by atoms with Crippen LogP contribution in [-0.2, 0) is 0 Å². The molecule has 4 heteroatoms. The van der Waals surface area contributed by atoms with E-state index >= 15 is 0 Å². The predicted octanol–water partition coefficient (Wildman–Crippen LogP) is 2.22. The van der Waals surface area contributed by atoms with Gasteiger partial charge in [0.15, 0.2) is 0 Å². The minimum atomic E-state index is 0.147. The summed E-state index contributed by atoms with van der Waals surface area (Å²) in [6.45, 7) is 4.58. The quantitative estimate of drug-likeness (QED) is 0.844. The SMILES string of the molecule is Cc1cc(OCCCO)nc(C)c1Br. The standard InChI is InChI=1S/C10H14BrNO2/c1-7-6-9(14-5-3-4-13)12-8(2)10(7)11/h6,13H,3-5H2,1-2H3. The lowest BCUT2D eigenvalue weighted by molar-refractivity contribution is 0.229. The number of nitrogens with zero attached hydrogens (tertiary/aromatic N) is 1. The molecule has 0 saturated heterocycles. The van der Waals surface area contributed by atoms with Crippen LogP contribution in [0.4, 0.5) is 0 Å². The highest BCUT2D eigenvalue weighted by Gasteiger charge is 2.04. The van der Waals surface area contributed by atoms with Crippen molar-refractivity contribution in [3.63, 3.8) is 0 Å². The van der Waals surface area contributed by atoms with E-state index < -0.39 is 0 Å². The Morgan fingerprint density at radius 3 is 2.79 bits per heavy atom. The lowest BCUT2D eigenvalue weighted by atomic mass is 10.2. The Morgan fingerprint density at radius 1 is 1.50 bits per heavy atom. The lowest BCUT2D eigenvalue weighted by Crippen LogP contribution is -2.02. The second kappa shape index (κ2) is 5.32. The molecule has 0 fully saturated rings. The maximum Gasteiger partial charge on any atom is 0.213 e. The van der Waals surface area contributed by atoms with Crippen molar-refractivity contribution in [1.29, 1.82) is 0 Å². The normalized spacial score (nSPS) is 10.3. The summed E-state index contributed by atoms with van der Waals surface area (Å²) in [5.41, 5.74) is 2.03. The van der Waals surface area contributed by atoms with Gasteiger partial charge in [-0.15, -0.1) is 0 Å². The smallest absolute Gasteiger partial charge is 0.213 e. The molecule has 1 N–H and O–H groups in total. The Hall–Kier alpha value is -0.610. The Kier molecular flexibility index (Phi) is 4.35. The maximum atomic E-state index is 8.59. The average Bonchev–Trinajstić information content (AvgIpc) is 2.14. The van der Waals surface area contributed by atoms with Gasteiger partial charge in [-0.3, -0.25) is 0 Å². The van der Waals surface area contributed by atoms with Crippen LogP contribution in [0.1, 0.15) is 17.7 Å². The Balaban J connectivity index is 2.69. The van der Waals surface area contributed by atoms with Crippen molar-refractivity contribution in [2.45, 2.75) is 20.3 Å². The summed E-state index contributed by atoms with van der Waals surface area (Å²) < 4.78 is 6.39. The Bertz CT molecular complexity index is 292. The van der Waals surface area contributed by atoms with Gasteiger partial charge in [-0.1, -0.05) is 0 Å². The van der Waals surface area contributed by atoms with Crippen LogP contribution < -0.4 is 4.74 Å². The van der Waals surface area contributed by atoms with Gasteiger partial charge < -0.3 is 9.84 Å². The van der Waals surface area contributed by atoms with Crippen molar-refractivity contribution in [2.75, 3.05) is 13.2 Å². The number of aliphatic hydroxyl groups is 1. The highest BCUT2D eigenvalue weighted by atomic mass is 79.9. The zero-order chi connectivity index (χ0) is 10.6. The van der Waals surface area contributed by atoms with Gasteiger partial charge in [0.05, 0.1) is 12.3 Å². The number of halogens is 1. The van der Waals surface area contributed by atoms with Crippen LogP contribution in [0.3, 0.4) is 0 Å². The Labute approximate surface area is 92.3 Å². The number of hydrogen-bond donors (Lipinski definition) is 1. The number of aryl methyl sites for hydroxylation is 2. The first kappa shape index (κ1) is 11.5. The Morgan fingerprint density at radius 2 is 2.21 bits per heavy atom. The van der Waals surface area contributed by atoms with E-state index in [-0.39, 0.29) is 6.61 Å². The molecule has 1 aromatic heterocycles. The molecule has 0 radical (unpaired) electrons. The number of aliphatic hydroxyl groups excluding tert-OH is 1. The molecule has 1 aromatic rings. The molecule has 14 heavy (non-hydrogen) atoms. The van der Waals surface area contributed by atoms with E-state index in [1.54, 1.807) is 0 Å². The highest BCUT2D eigenvalue weighted by molar-refractivity contribution is 9.10. The molecule has 0 aliphatic carbocycles. The van der Waals surface area contributed by atoms with Crippen LogP contribution in [0.25, 0.3) is 0 Å². The zero-order valence-corrected chi connectivity index (χ0v) is 9.97. The van der Waals surface area contributed by atoms with Crippen LogP contribution in [-0.4, -0.2) is 23.3 Å². The van der Waals surface area contributed by atoms with Crippen molar-refractivity contribution in [3.8, 4) is 5.88 Å². The van der Waals surface area contributed by atoms with Gasteiger partial charge in [-0.25, -0.2) is 4.98 Å². The number of pyridine rings is 1. The molecule has 0 amide bonds. The number of hydrogen-bond acceptors (Lipinski definition) is 3. The summed E-state index contributed by atoms with van der Waals surface area (Å²) in [5, 5.41) is 8.59. The molecule has 0 unspecified atom stereocenters. The van der Waals surface area contributed by atoms with E-state index in [9.17, 15) is 0 Å². The van der Waals surface area contributed by atoms with Crippen molar-refractivity contribution < 1.29 is 9.84 Å². The summed E-state index contributed by atoms with van der Waals surface area (Å²) in [6.07, 6.45) is 0.635. The van der Waals surface area contributed by atoms with E-state index in [4.69, 9.17) is 9.84 Å². The minimum absolute atomic E-state index is 0.147. The summed E-state index contributed by atoms with van der Waals surface area (Å²) in [5.74, 6) is 0.622. The highest BCUT2D eigenvalue weighted by Crippen LogP contribution is 2.22. The van der Waals surface area contributed by atoms with Crippen molar-refractivity contribution in [3.05, 3.63) is 21.8 Å².